The number of hydrogen-bond acceptors (Lipinski definition) is 5. The number of anilines is 2. The number of nitrogens with zero attached hydrogens (tertiary/aromatic N) is 3. The predicted octanol–water partition coefficient (Wildman–Crippen LogP) is 2.49. The summed E-state index contributed by atoms with van der Waals surface area (Å²) in [7, 11) is 0. The lowest BCUT2D eigenvalue weighted by Gasteiger charge is -2.16. The molecule has 8 heteroatoms. The zero-order valence-electron chi connectivity index (χ0n) is 11.7. The lowest BCUT2D eigenvalue weighted by atomic mass is 10.1. The van der Waals surface area contributed by atoms with Gasteiger partial charge in [-0.25, -0.2) is 4.98 Å². The molecule has 1 fully saturated rings. The predicted molar refractivity (Wildman–Crippen MR) is 85.2 cm³/mol. The summed E-state index contributed by atoms with van der Waals surface area (Å²) in [5, 5.41) is 3.78. The Hall–Kier alpha value is -1.99. The summed E-state index contributed by atoms with van der Waals surface area (Å²) in [5.74, 6) is -0.0603. The highest BCUT2D eigenvalue weighted by atomic mass is 35.5. The maximum Gasteiger partial charge on any atom is 0.231 e. The first-order valence-corrected chi connectivity index (χ1v) is 7.85. The van der Waals surface area contributed by atoms with Gasteiger partial charge >= 0.3 is 0 Å². The fraction of sp³-hybridized carbons (Fsp3) is 0.286. The van der Waals surface area contributed by atoms with Gasteiger partial charge in [-0.3, -0.25) is 9.59 Å². The standard InChI is InChI=1S/C14H13ClN4O2S/c1-8-16-14(22-18-8)17-13(21)9-6-12(20)19(7-9)11-4-2-10(15)3-5-11/h2-5,9H,6-7H2,1H3,(H,16,17,18,21)/t9-/m0/s1. The molecule has 1 aromatic heterocycles. The Bertz CT molecular complexity index is 716. The number of amides is 2. The van der Waals surface area contributed by atoms with Crippen molar-refractivity contribution in [3.8, 4) is 0 Å². The Morgan fingerprint density at radius 2 is 2.14 bits per heavy atom. The molecule has 1 saturated heterocycles. The molecule has 1 atom stereocenters. The van der Waals surface area contributed by atoms with Crippen molar-refractivity contribution in [1.82, 2.24) is 9.36 Å². The number of nitrogens with one attached hydrogen (secondary N) is 1. The van der Waals surface area contributed by atoms with E-state index >= 15 is 0 Å². The minimum absolute atomic E-state index is 0.0732. The monoisotopic (exact) mass is 336 g/mol. The van der Waals surface area contributed by atoms with Crippen molar-refractivity contribution in [2.24, 2.45) is 5.92 Å². The van der Waals surface area contributed by atoms with Gasteiger partial charge in [-0.05, 0) is 31.2 Å². The smallest absolute Gasteiger partial charge is 0.231 e. The van der Waals surface area contributed by atoms with E-state index in [1.165, 1.54) is 0 Å². The van der Waals surface area contributed by atoms with Crippen molar-refractivity contribution in [3.63, 3.8) is 0 Å². The Morgan fingerprint density at radius 3 is 2.77 bits per heavy atom. The largest absolute Gasteiger partial charge is 0.312 e. The zero-order valence-corrected chi connectivity index (χ0v) is 13.3. The van der Waals surface area contributed by atoms with E-state index in [0.29, 0.717) is 22.5 Å². The van der Waals surface area contributed by atoms with Crippen LogP contribution in [0.15, 0.2) is 24.3 Å². The van der Waals surface area contributed by atoms with E-state index in [9.17, 15) is 9.59 Å². The van der Waals surface area contributed by atoms with Crippen molar-refractivity contribution in [1.29, 1.82) is 0 Å². The third-order valence-electron chi connectivity index (χ3n) is 3.39. The topological polar surface area (TPSA) is 75.2 Å². The molecule has 0 spiro atoms. The molecule has 1 N–H and O–H groups in total. The summed E-state index contributed by atoms with van der Waals surface area (Å²) in [6.07, 6.45) is 0.187. The second-order valence-electron chi connectivity index (χ2n) is 5.02. The Labute approximate surface area is 136 Å². The van der Waals surface area contributed by atoms with Crippen LogP contribution < -0.4 is 10.2 Å². The van der Waals surface area contributed by atoms with E-state index < -0.39 is 5.92 Å². The quantitative estimate of drug-likeness (QED) is 0.934. The summed E-state index contributed by atoms with van der Waals surface area (Å²) in [4.78, 5) is 30.0. The number of aromatic nitrogens is 2. The summed E-state index contributed by atoms with van der Waals surface area (Å²) in [6.45, 7) is 2.11. The number of aryl methyl sites for hydroxylation is 1. The summed E-state index contributed by atoms with van der Waals surface area (Å²) in [6, 6.07) is 6.99. The molecule has 6 nitrogen and oxygen atoms in total. The molecule has 0 unspecified atom stereocenters. The van der Waals surface area contributed by atoms with Crippen molar-refractivity contribution < 1.29 is 9.59 Å². The van der Waals surface area contributed by atoms with Gasteiger partial charge in [-0.15, -0.1) is 0 Å². The fourth-order valence-electron chi connectivity index (χ4n) is 2.31. The molecule has 2 aromatic rings. The summed E-state index contributed by atoms with van der Waals surface area (Å²) >= 11 is 6.98. The molecule has 1 aromatic carbocycles. The number of benzene rings is 1. The normalized spacial score (nSPS) is 17.8. The van der Waals surface area contributed by atoms with Gasteiger partial charge in [0.25, 0.3) is 0 Å². The second-order valence-corrected chi connectivity index (χ2v) is 6.21. The average Bonchev–Trinajstić information content (AvgIpc) is 3.06. The van der Waals surface area contributed by atoms with Crippen LogP contribution in [-0.2, 0) is 9.59 Å². The van der Waals surface area contributed by atoms with Gasteiger partial charge in [0, 0.05) is 35.2 Å². The van der Waals surface area contributed by atoms with Crippen LogP contribution in [0.3, 0.4) is 0 Å². The highest BCUT2D eigenvalue weighted by molar-refractivity contribution is 7.09. The molecule has 0 saturated carbocycles. The maximum absolute atomic E-state index is 12.2. The maximum atomic E-state index is 12.2. The Kier molecular flexibility index (Phi) is 4.08. The summed E-state index contributed by atoms with van der Waals surface area (Å²) in [5.41, 5.74) is 0.747. The van der Waals surface area contributed by atoms with Crippen LogP contribution in [0.4, 0.5) is 10.8 Å². The molecule has 2 amide bonds. The van der Waals surface area contributed by atoms with Crippen molar-refractivity contribution in [2.75, 3.05) is 16.8 Å². The first-order chi connectivity index (χ1) is 10.5. The highest BCUT2D eigenvalue weighted by Gasteiger charge is 2.35. The van der Waals surface area contributed by atoms with Gasteiger partial charge in [-0.1, -0.05) is 11.6 Å². The lowest BCUT2D eigenvalue weighted by Crippen LogP contribution is -2.28. The van der Waals surface area contributed by atoms with Crippen molar-refractivity contribution >= 4 is 45.8 Å². The van der Waals surface area contributed by atoms with Gasteiger partial charge in [0.05, 0.1) is 5.92 Å². The molecule has 0 aliphatic carbocycles. The lowest BCUT2D eigenvalue weighted by molar-refractivity contribution is -0.122. The molecular formula is C14H13ClN4O2S. The molecule has 1 aliphatic heterocycles. The van der Waals surface area contributed by atoms with E-state index in [4.69, 9.17) is 11.6 Å². The van der Waals surface area contributed by atoms with E-state index in [2.05, 4.69) is 14.7 Å². The van der Waals surface area contributed by atoms with Crippen LogP contribution in [0.5, 0.6) is 0 Å². The van der Waals surface area contributed by atoms with Crippen LogP contribution in [-0.4, -0.2) is 27.7 Å². The molecule has 22 heavy (non-hydrogen) atoms. The van der Waals surface area contributed by atoms with Gasteiger partial charge < -0.3 is 10.2 Å². The highest BCUT2D eigenvalue weighted by Crippen LogP contribution is 2.27. The average molecular weight is 337 g/mol. The van der Waals surface area contributed by atoms with E-state index in [1.54, 1.807) is 36.1 Å². The molecule has 1 aliphatic rings. The van der Waals surface area contributed by atoms with Gasteiger partial charge in [-0.2, -0.15) is 4.37 Å². The molecule has 3 rings (SSSR count). The number of halogens is 1. The van der Waals surface area contributed by atoms with E-state index in [-0.39, 0.29) is 18.2 Å². The van der Waals surface area contributed by atoms with Crippen LogP contribution in [0, 0.1) is 12.8 Å². The second kappa shape index (κ2) is 6.02. The Morgan fingerprint density at radius 1 is 1.41 bits per heavy atom. The number of carbonyl (C=O) groups is 2. The third-order valence-corrected chi connectivity index (χ3v) is 4.37. The van der Waals surface area contributed by atoms with Crippen molar-refractivity contribution in [2.45, 2.75) is 13.3 Å². The number of carbonyl (C=O) groups excluding carboxylic acids is 2. The summed E-state index contributed by atoms with van der Waals surface area (Å²) < 4.78 is 4.01. The SMILES string of the molecule is Cc1nsc(NC(=O)[C@H]2CC(=O)N(c3ccc(Cl)cc3)C2)n1. The zero-order chi connectivity index (χ0) is 15.7. The van der Waals surface area contributed by atoms with Crippen molar-refractivity contribution in [3.05, 3.63) is 35.1 Å². The van der Waals surface area contributed by atoms with E-state index in [0.717, 1.165) is 17.2 Å². The van der Waals surface area contributed by atoms with Crippen LogP contribution in [0.2, 0.25) is 5.02 Å². The first kappa shape index (κ1) is 14.9. The third kappa shape index (κ3) is 3.10. The molecular weight excluding hydrogens is 324 g/mol. The van der Waals surface area contributed by atoms with E-state index in [1.807, 2.05) is 0 Å². The van der Waals surface area contributed by atoms with Crippen LogP contribution >= 0.6 is 23.1 Å². The first-order valence-electron chi connectivity index (χ1n) is 6.70. The Balaban J connectivity index is 1.68. The van der Waals surface area contributed by atoms with Gasteiger partial charge in [0.2, 0.25) is 16.9 Å². The minimum atomic E-state index is -0.396. The number of rotatable bonds is 3. The molecule has 0 bridgehead atoms. The van der Waals surface area contributed by atoms with Crippen LogP contribution in [0.25, 0.3) is 0 Å². The van der Waals surface area contributed by atoms with Crippen LogP contribution in [0.1, 0.15) is 12.2 Å². The molecule has 114 valence electrons. The fourth-order valence-corrected chi connectivity index (χ4v) is 3.01. The van der Waals surface area contributed by atoms with Gasteiger partial charge in [0.15, 0.2) is 0 Å². The molecule has 0 radical (unpaired) electrons. The van der Waals surface area contributed by atoms with Gasteiger partial charge in [0.1, 0.15) is 5.82 Å². The number of hydrogen-bond donors (Lipinski definition) is 1. The molecule has 2 heterocycles. The minimum Gasteiger partial charge on any atom is -0.312 e.